The van der Waals surface area contributed by atoms with Gasteiger partial charge >= 0.3 is 5.97 Å². The Morgan fingerprint density at radius 2 is 2.16 bits per heavy atom. The lowest BCUT2D eigenvalue weighted by molar-refractivity contribution is -0.137. The Balaban J connectivity index is 1.83. The minimum Gasteiger partial charge on any atom is -0.495 e. The third-order valence-corrected chi connectivity index (χ3v) is 5.26. The molecule has 5 atom stereocenters. The number of aliphatic hydroxyl groups is 2. The van der Waals surface area contributed by atoms with Crippen LogP contribution in [0, 0.1) is 11.8 Å². The second-order valence-corrected chi connectivity index (χ2v) is 7.31. The van der Waals surface area contributed by atoms with Gasteiger partial charge in [0.25, 0.3) is 0 Å². The first-order valence-corrected chi connectivity index (χ1v) is 9.63. The molecule has 0 radical (unpaired) electrons. The van der Waals surface area contributed by atoms with Gasteiger partial charge in [0.15, 0.2) is 0 Å². The number of hydrogen-bond acceptors (Lipinski definition) is 4. The van der Waals surface area contributed by atoms with Crippen molar-refractivity contribution in [2.75, 3.05) is 0 Å². The monoisotopic (exact) mass is 352 g/mol. The highest BCUT2D eigenvalue weighted by atomic mass is 16.5. The zero-order valence-corrected chi connectivity index (χ0v) is 15.1. The lowest BCUT2D eigenvalue weighted by Gasteiger charge is -2.16. The Hall–Kier alpha value is -1.33. The van der Waals surface area contributed by atoms with Crippen molar-refractivity contribution >= 4 is 5.97 Å². The fourth-order valence-corrected chi connectivity index (χ4v) is 3.86. The van der Waals surface area contributed by atoms with E-state index in [0.29, 0.717) is 19.3 Å². The predicted molar refractivity (Wildman–Crippen MR) is 96.0 cm³/mol. The van der Waals surface area contributed by atoms with E-state index >= 15 is 0 Å². The number of rotatable bonds is 10. The zero-order chi connectivity index (χ0) is 18.2. The van der Waals surface area contributed by atoms with Crippen molar-refractivity contribution in [3.05, 3.63) is 24.0 Å². The Morgan fingerprint density at radius 3 is 2.88 bits per heavy atom. The van der Waals surface area contributed by atoms with Crippen molar-refractivity contribution in [1.82, 2.24) is 0 Å². The molecular weight excluding hydrogens is 320 g/mol. The molecule has 2 rings (SSSR count). The number of allylic oxidation sites excluding steroid dienone is 2. The molecule has 0 aromatic heterocycles. The van der Waals surface area contributed by atoms with Crippen molar-refractivity contribution in [3.8, 4) is 0 Å². The molecular formula is C20H32O5. The summed E-state index contributed by atoms with van der Waals surface area (Å²) in [4.78, 5) is 10.5. The fraction of sp³-hybridized carbons (Fsp3) is 0.750. The highest BCUT2D eigenvalue weighted by molar-refractivity contribution is 5.66. The number of hydrogen-bond donors (Lipinski definition) is 3. The van der Waals surface area contributed by atoms with Crippen LogP contribution in [0.25, 0.3) is 0 Å². The van der Waals surface area contributed by atoms with Crippen LogP contribution in [-0.2, 0) is 9.53 Å². The summed E-state index contributed by atoms with van der Waals surface area (Å²) >= 11 is 0. The maximum absolute atomic E-state index is 10.5. The Morgan fingerprint density at radius 1 is 1.36 bits per heavy atom. The SMILES string of the molecule is CCCCCC(O)/C=C/C1C(O)CC2O/C(=C/CCCC(=O)O)CC21. The lowest BCUT2D eigenvalue weighted by Crippen LogP contribution is -2.18. The smallest absolute Gasteiger partial charge is 0.303 e. The van der Waals surface area contributed by atoms with E-state index < -0.39 is 18.2 Å². The first-order chi connectivity index (χ1) is 12.0. The molecule has 3 N–H and O–H groups in total. The molecule has 142 valence electrons. The Kier molecular flexibility index (Phi) is 7.97. The van der Waals surface area contributed by atoms with E-state index in [1.54, 1.807) is 0 Å². The predicted octanol–water partition coefficient (Wildman–Crippen LogP) is 3.41. The lowest BCUT2D eigenvalue weighted by atomic mass is 9.90. The van der Waals surface area contributed by atoms with Crippen molar-refractivity contribution in [2.24, 2.45) is 11.8 Å². The van der Waals surface area contributed by atoms with Gasteiger partial charge in [-0.3, -0.25) is 4.79 Å². The summed E-state index contributed by atoms with van der Waals surface area (Å²) in [6, 6.07) is 0. The molecule has 1 aliphatic carbocycles. The molecule has 0 aromatic carbocycles. The van der Waals surface area contributed by atoms with Crippen LogP contribution in [0.4, 0.5) is 0 Å². The molecule has 25 heavy (non-hydrogen) atoms. The normalized spacial score (nSPS) is 31.4. The van der Waals surface area contributed by atoms with Crippen LogP contribution in [0.3, 0.4) is 0 Å². The van der Waals surface area contributed by atoms with Gasteiger partial charge in [-0.25, -0.2) is 0 Å². The summed E-state index contributed by atoms with van der Waals surface area (Å²) in [7, 11) is 0. The molecule has 0 bridgehead atoms. The number of carboxylic acids is 1. The minimum absolute atomic E-state index is 0.0238. The van der Waals surface area contributed by atoms with Crippen LogP contribution in [0.2, 0.25) is 0 Å². The Labute approximate surface area is 150 Å². The summed E-state index contributed by atoms with van der Waals surface area (Å²) < 4.78 is 5.94. The molecule has 5 heteroatoms. The molecule has 0 amide bonds. The number of ether oxygens (including phenoxy) is 1. The molecule has 5 nitrogen and oxygen atoms in total. The van der Waals surface area contributed by atoms with E-state index in [-0.39, 0.29) is 24.4 Å². The molecule has 1 saturated carbocycles. The van der Waals surface area contributed by atoms with Gasteiger partial charge in [-0.2, -0.15) is 0 Å². The number of unbranched alkanes of at least 4 members (excludes halogenated alkanes) is 3. The quantitative estimate of drug-likeness (QED) is 0.414. The highest BCUT2D eigenvalue weighted by Gasteiger charge is 2.46. The summed E-state index contributed by atoms with van der Waals surface area (Å²) in [6.07, 6.45) is 12.0. The molecule has 1 saturated heterocycles. The van der Waals surface area contributed by atoms with Gasteiger partial charge in [-0.1, -0.05) is 38.3 Å². The number of carboxylic acid groups (broad SMARTS) is 1. The number of fused-ring (bicyclic) bond motifs is 1. The van der Waals surface area contributed by atoms with Gasteiger partial charge in [-0.15, -0.1) is 0 Å². The molecule has 1 heterocycles. The maximum atomic E-state index is 10.5. The summed E-state index contributed by atoms with van der Waals surface area (Å²) in [6.45, 7) is 2.14. The van der Waals surface area contributed by atoms with E-state index in [9.17, 15) is 15.0 Å². The van der Waals surface area contributed by atoms with Crippen LogP contribution < -0.4 is 0 Å². The summed E-state index contributed by atoms with van der Waals surface area (Å²) in [5, 5.41) is 29.0. The van der Waals surface area contributed by atoms with E-state index in [4.69, 9.17) is 9.84 Å². The summed E-state index contributed by atoms with van der Waals surface area (Å²) in [5.74, 6) is 0.429. The molecule has 2 fully saturated rings. The Bertz CT molecular complexity index is 484. The van der Waals surface area contributed by atoms with E-state index in [0.717, 1.165) is 37.9 Å². The van der Waals surface area contributed by atoms with E-state index in [1.165, 1.54) is 0 Å². The topological polar surface area (TPSA) is 87.0 Å². The van der Waals surface area contributed by atoms with Gasteiger partial charge in [-0.05, 0) is 25.3 Å². The molecule has 1 aliphatic heterocycles. The van der Waals surface area contributed by atoms with Crippen molar-refractivity contribution < 1.29 is 24.9 Å². The van der Waals surface area contributed by atoms with Crippen LogP contribution in [0.1, 0.15) is 64.7 Å². The second kappa shape index (κ2) is 9.97. The van der Waals surface area contributed by atoms with Crippen LogP contribution in [0.15, 0.2) is 24.0 Å². The molecule has 5 unspecified atom stereocenters. The van der Waals surface area contributed by atoms with Crippen molar-refractivity contribution in [2.45, 2.75) is 83.0 Å². The number of aliphatic carboxylic acids is 1. The molecule has 2 aliphatic rings. The van der Waals surface area contributed by atoms with Crippen molar-refractivity contribution in [3.63, 3.8) is 0 Å². The molecule has 0 spiro atoms. The van der Waals surface area contributed by atoms with Crippen LogP contribution >= 0.6 is 0 Å². The van der Waals surface area contributed by atoms with Crippen LogP contribution in [0.5, 0.6) is 0 Å². The number of carbonyl (C=O) groups is 1. The average molecular weight is 352 g/mol. The van der Waals surface area contributed by atoms with E-state index in [1.807, 2.05) is 18.2 Å². The van der Waals surface area contributed by atoms with Gasteiger partial charge in [0, 0.05) is 31.1 Å². The third-order valence-electron chi connectivity index (χ3n) is 5.26. The average Bonchev–Trinajstić information content (AvgIpc) is 3.06. The second-order valence-electron chi connectivity index (χ2n) is 7.31. The first-order valence-electron chi connectivity index (χ1n) is 9.63. The summed E-state index contributed by atoms with van der Waals surface area (Å²) in [5.41, 5.74) is 0. The van der Waals surface area contributed by atoms with Gasteiger partial charge in [0.05, 0.1) is 18.0 Å². The molecule has 0 aromatic rings. The minimum atomic E-state index is -0.770. The van der Waals surface area contributed by atoms with Gasteiger partial charge in [0.1, 0.15) is 6.10 Å². The van der Waals surface area contributed by atoms with Crippen LogP contribution in [-0.4, -0.2) is 39.6 Å². The third kappa shape index (κ3) is 6.15. The maximum Gasteiger partial charge on any atom is 0.303 e. The van der Waals surface area contributed by atoms with Crippen molar-refractivity contribution in [1.29, 1.82) is 0 Å². The van der Waals surface area contributed by atoms with E-state index in [2.05, 4.69) is 6.92 Å². The zero-order valence-electron chi connectivity index (χ0n) is 15.1. The largest absolute Gasteiger partial charge is 0.495 e. The van der Waals surface area contributed by atoms with Gasteiger partial charge < -0.3 is 20.1 Å². The van der Waals surface area contributed by atoms with Gasteiger partial charge in [0.2, 0.25) is 0 Å². The number of aliphatic hydroxyl groups excluding tert-OH is 2. The fourth-order valence-electron chi connectivity index (χ4n) is 3.86. The highest BCUT2D eigenvalue weighted by Crippen LogP contribution is 2.45. The standard InChI is InChI=1S/C20H32O5/c1-2-3-4-7-14(21)10-11-16-17-12-15(8-5-6-9-20(23)24)25-19(17)13-18(16)22/h8,10-11,14,16-19,21-22H,2-7,9,12-13H2,1H3,(H,23,24)/b11-10+,15-8+. The first kappa shape index (κ1) is 20.0.